The molecule has 2 fully saturated rings. The van der Waals surface area contributed by atoms with Crippen LogP contribution in [0.5, 0.6) is 0 Å². The molecule has 28 heavy (non-hydrogen) atoms. The number of hydrogen-bond acceptors (Lipinski definition) is 3. The standard InChI is InChI=1S/C21H29FIN3O2/c1-21(7-2-8-21)26-19(27)13-24-18-5-3-14(4-6-18)12-25-20(28)15-9-16(22)11-17(23)10-15/h9-11,14,18,24H,2-8,12-13H2,1H3,(H,25,28)(H,26,27). The second-order valence-electron chi connectivity index (χ2n) is 8.43. The Morgan fingerprint density at radius 2 is 1.89 bits per heavy atom. The highest BCUT2D eigenvalue weighted by Gasteiger charge is 2.33. The Bertz CT molecular complexity index is 695. The molecule has 0 heterocycles. The molecule has 5 nitrogen and oxygen atoms in total. The molecule has 0 spiro atoms. The van der Waals surface area contributed by atoms with E-state index >= 15 is 0 Å². The van der Waals surface area contributed by atoms with Crippen LogP contribution in [-0.2, 0) is 4.79 Å². The third-order valence-corrected chi connectivity index (χ3v) is 6.60. The van der Waals surface area contributed by atoms with E-state index in [1.165, 1.54) is 18.6 Å². The third-order valence-electron chi connectivity index (χ3n) is 5.97. The summed E-state index contributed by atoms with van der Waals surface area (Å²) >= 11 is 2.01. The zero-order chi connectivity index (χ0) is 20.1. The number of halogens is 2. The first-order valence-corrected chi connectivity index (χ1v) is 11.2. The molecular formula is C21H29FIN3O2. The van der Waals surface area contributed by atoms with Crippen LogP contribution in [0.1, 0.15) is 62.2 Å². The summed E-state index contributed by atoms with van der Waals surface area (Å²) in [7, 11) is 0. The van der Waals surface area contributed by atoms with Gasteiger partial charge in [-0.25, -0.2) is 4.39 Å². The molecule has 2 aliphatic carbocycles. The van der Waals surface area contributed by atoms with Crippen molar-refractivity contribution in [3.63, 3.8) is 0 Å². The molecule has 2 amide bonds. The van der Waals surface area contributed by atoms with Crippen LogP contribution in [0.4, 0.5) is 4.39 Å². The largest absolute Gasteiger partial charge is 0.352 e. The van der Waals surface area contributed by atoms with Crippen molar-refractivity contribution in [2.75, 3.05) is 13.1 Å². The summed E-state index contributed by atoms with van der Waals surface area (Å²) in [6.07, 6.45) is 7.37. The zero-order valence-corrected chi connectivity index (χ0v) is 18.5. The van der Waals surface area contributed by atoms with E-state index in [0.717, 1.165) is 38.5 Å². The van der Waals surface area contributed by atoms with E-state index in [1.807, 2.05) is 22.6 Å². The number of carbonyl (C=O) groups excluding carboxylic acids is 2. The van der Waals surface area contributed by atoms with Gasteiger partial charge in [-0.2, -0.15) is 0 Å². The summed E-state index contributed by atoms with van der Waals surface area (Å²) in [6, 6.07) is 4.72. The number of hydrogen-bond donors (Lipinski definition) is 3. The highest BCUT2D eigenvalue weighted by Crippen LogP contribution is 2.30. The molecule has 154 valence electrons. The third kappa shape index (κ3) is 6.14. The van der Waals surface area contributed by atoms with Crippen molar-refractivity contribution >= 4 is 34.4 Å². The van der Waals surface area contributed by atoms with Crippen LogP contribution >= 0.6 is 22.6 Å². The summed E-state index contributed by atoms with van der Waals surface area (Å²) in [6.45, 7) is 3.09. The van der Waals surface area contributed by atoms with E-state index in [2.05, 4.69) is 22.9 Å². The molecule has 0 saturated heterocycles. The van der Waals surface area contributed by atoms with Crippen molar-refractivity contribution < 1.29 is 14.0 Å². The van der Waals surface area contributed by atoms with Crippen molar-refractivity contribution in [3.8, 4) is 0 Å². The van der Waals surface area contributed by atoms with E-state index in [4.69, 9.17) is 0 Å². The molecule has 3 N–H and O–H groups in total. The summed E-state index contributed by atoms with van der Waals surface area (Å²) in [5.74, 6) is -0.101. The van der Waals surface area contributed by atoms with Crippen molar-refractivity contribution in [1.82, 2.24) is 16.0 Å². The molecule has 0 unspecified atom stereocenters. The topological polar surface area (TPSA) is 70.2 Å². The predicted octanol–water partition coefficient (Wildman–Crippen LogP) is 3.37. The Labute approximate surface area is 179 Å². The van der Waals surface area contributed by atoms with Gasteiger partial charge in [-0.3, -0.25) is 9.59 Å². The van der Waals surface area contributed by atoms with E-state index in [-0.39, 0.29) is 23.2 Å². The number of amides is 2. The first-order chi connectivity index (χ1) is 13.3. The fourth-order valence-corrected chi connectivity index (χ4v) is 4.68. The lowest BCUT2D eigenvalue weighted by atomic mass is 9.78. The Morgan fingerprint density at radius 1 is 1.18 bits per heavy atom. The van der Waals surface area contributed by atoms with Crippen molar-refractivity contribution in [3.05, 3.63) is 33.1 Å². The van der Waals surface area contributed by atoms with Gasteiger partial charge >= 0.3 is 0 Å². The fraction of sp³-hybridized carbons (Fsp3) is 0.619. The molecule has 0 aromatic heterocycles. The second kappa shape index (κ2) is 9.52. The summed E-state index contributed by atoms with van der Waals surface area (Å²) in [5, 5.41) is 9.43. The number of benzene rings is 1. The average molecular weight is 501 g/mol. The Balaban J connectivity index is 1.33. The van der Waals surface area contributed by atoms with Gasteiger partial charge in [0.25, 0.3) is 5.91 Å². The Hall–Kier alpha value is -1.22. The van der Waals surface area contributed by atoms with E-state index in [1.54, 1.807) is 6.07 Å². The van der Waals surface area contributed by atoms with Gasteiger partial charge in [-0.05, 0) is 98.6 Å². The molecule has 0 bridgehead atoms. The number of nitrogens with one attached hydrogen (secondary N) is 3. The summed E-state index contributed by atoms with van der Waals surface area (Å²) in [4.78, 5) is 24.3. The summed E-state index contributed by atoms with van der Waals surface area (Å²) < 4.78 is 14.2. The predicted molar refractivity (Wildman–Crippen MR) is 116 cm³/mol. The van der Waals surface area contributed by atoms with E-state index in [0.29, 0.717) is 34.2 Å². The molecule has 0 radical (unpaired) electrons. The van der Waals surface area contributed by atoms with Gasteiger partial charge in [0.1, 0.15) is 5.82 Å². The van der Waals surface area contributed by atoms with Gasteiger partial charge in [0.15, 0.2) is 0 Å². The van der Waals surface area contributed by atoms with Crippen LogP contribution in [0.2, 0.25) is 0 Å². The SMILES string of the molecule is CC1(NC(=O)CNC2CCC(CNC(=O)c3cc(F)cc(I)c3)CC2)CCC1. The van der Waals surface area contributed by atoms with E-state index in [9.17, 15) is 14.0 Å². The molecule has 2 aliphatic rings. The van der Waals surface area contributed by atoms with Gasteiger partial charge < -0.3 is 16.0 Å². The lowest BCUT2D eigenvalue weighted by Crippen LogP contribution is -2.53. The minimum atomic E-state index is -0.390. The van der Waals surface area contributed by atoms with Crippen LogP contribution < -0.4 is 16.0 Å². The first-order valence-electron chi connectivity index (χ1n) is 10.1. The smallest absolute Gasteiger partial charge is 0.251 e. The van der Waals surface area contributed by atoms with Crippen molar-refractivity contribution in [2.45, 2.75) is 63.5 Å². The maximum absolute atomic E-state index is 13.4. The molecule has 0 aliphatic heterocycles. The molecule has 2 saturated carbocycles. The van der Waals surface area contributed by atoms with Crippen molar-refractivity contribution in [1.29, 1.82) is 0 Å². The number of rotatable bonds is 7. The molecule has 7 heteroatoms. The van der Waals surface area contributed by atoms with Crippen molar-refractivity contribution in [2.24, 2.45) is 5.92 Å². The monoisotopic (exact) mass is 501 g/mol. The van der Waals surface area contributed by atoms with Crippen LogP contribution in [0, 0.1) is 15.3 Å². The maximum atomic E-state index is 13.4. The van der Waals surface area contributed by atoms with Gasteiger partial charge in [-0.15, -0.1) is 0 Å². The molecular weight excluding hydrogens is 472 g/mol. The van der Waals surface area contributed by atoms with Gasteiger partial charge in [-0.1, -0.05) is 0 Å². The van der Waals surface area contributed by atoms with E-state index < -0.39 is 0 Å². The fourth-order valence-electron chi connectivity index (χ4n) is 4.04. The highest BCUT2D eigenvalue weighted by atomic mass is 127. The minimum absolute atomic E-state index is 0.00830. The zero-order valence-electron chi connectivity index (χ0n) is 16.3. The molecule has 1 aromatic carbocycles. The molecule has 0 atom stereocenters. The van der Waals surface area contributed by atoms with Crippen LogP contribution in [0.15, 0.2) is 18.2 Å². The maximum Gasteiger partial charge on any atom is 0.251 e. The van der Waals surface area contributed by atoms with Crippen LogP contribution in [0.25, 0.3) is 0 Å². The van der Waals surface area contributed by atoms with Crippen LogP contribution in [-0.4, -0.2) is 36.5 Å². The Kier molecular flexibility index (Phi) is 7.31. The first kappa shape index (κ1) is 21.5. The highest BCUT2D eigenvalue weighted by molar-refractivity contribution is 14.1. The van der Waals surface area contributed by atoms with Crippen LogP contribution in [0.3, 0.4) is 0 Å². The van der Waals surface area contributed by atoms with Gasteiger partial charge in [0.2, 0.25) is 5.91 Å². The summed E-state index contributed by atoms with van der Waals surface area (Å²) in [5.41, 5.74) is 0.375. The normalized spacial score (nSPS) is 23.5. The molecule has 1 aromatic rings. The lowest BCUT2D eigenvalue weighted by Gasteiger charge is -2.39. The van der Waals surface area contributed by atoms with Gasteiger partial charge in [0.05, 0.1) is 6.54 Å². The second-order valence-corrected chi connectivity index (χ2v) is 9.67. The Morgan fingerprint density at radius 3 is 2.50 bits per heavy atom. The lowest BCUT2D eigenvalue weighted by molar-refractivity contribution is -0.123. The minimum Gasteiger partial charge on any atom is -0.352 e. The average Bonchev–Trinajstić information content (AvgIpc) is 2.63. The van der Waals surface area contributed by atoms with Gasteiger partial charge in [0, 0.05) is 27.3 Å². The number of carbonyl (C=O) groups is 2. The molecule has 3 rings (SSSR count). The quantitative estimate of drug-likeness (QED) is 0.502.